The second-order valence-corrected chi connectivity index (χ2v) is 4.45. The van der Waals surface area contributed by atoms with Gasteiger partial charge in [0.15, 0.2) is 0 Å². The van der Waals surface area contributed by atoms with Gasteiger partial charge in [-0.05, 0) is 24.5 Å². The van der Waals surface area contributed by atoms with Crippen LogP contribution in [0.3, 0.4) is 0 Å². The van der Waals surface area contributed by atoms with Gasteiger partial charge in [-0.1, -0.05) is 60.7 Å². The third kappa shape index (κ3) is 2.50. The second kappa shape index (κ2) is 4.50. The standard InChI is InChI=1S/C15H17N/c1-15(16,14-10-6-3-7-11-14)12-13-8-4-2-5-9-13/h2-11H,12,16H2,1H3/i1+1,15+1. The van der Waals surface area contributed by atoms with E-state index in [2.05, 4.69) is 43.3 Å². The Morgan fingerprint density at radius 3 is 1.94 bits per heavy atom. The maximum Gasteiger partial charge on any atom is 0.0421 e. The first-order chi connectivity index (χ1) is 7.68. The molecule has 0 aromatic heterocycles. The van der Waals surface area contributed by atoms with E-state index in [4.69, 9.17) is 5.73 Å². The quantitative estimate of drug-likeness (QED) is 0.779. The zero-order chi connectivity index (χ0) is 11.4. The molecule has 0 fully saturated rings. The Labute approximate surface area is 96.9 Å². The molecule has 2 aromatic carbocycles. The summed E-state index contributed by atoms with van der Waals surface area (Å²) >= 11 is 0. The van der Waals surface area contributed by atoms with Crippen LogP contribution in [0.1, 0.15) is 18.1 Å². The van der Waals surface area contributed by atoms with Crippen LogP contribution in [0.2, 0.25) is 0 Å². The lowest BCUT2D eigenvalue weighted by Gasteiger charge is -2.25. The van der Waals surface area contributed by atoms with Crippen molar-refractivity contribution in [2.45, 2.75) is 18.9 Å². The minimum absolute atomic E-state index is 0.303. The molecule has 0 amide bonds. The van der Waals surface area contributed by atoms with E-state index >= 15 is 0 Å². The Morgan fingerprint density at radius 2 is 1.38 bits per heavy atom. The number of hydrogen-bond acceptors (Lipinski definition) is 1. The van der Waals surface area contributed by atoms with Crippen molar-refractivity contribution in [3.8, 4) is 0 Å². The fraction of sp³-hybridized carbons (Fsp3) is 0.200. The Kier molecular flexibility index (Phi) is 3.07. The molecule has 0 aliphatic rings. The Balaban J connectivity index is 2.21. The fourth-order valence-corrected chi connectivity index (χ4v) is 1.94. The second-order valence-electron chi connectivity index (χ2n) is 4.45. The summed E-state index contributed by atoms with van der Waals surface area (Å²) in [5.41, 5.74) is 8.52. The summed E-state index contributed by atoms with van der Waals surface area (Å²) in [6.07, 6.45) is 0.859. The summed E-state index contributed by atoms with van der Waals surface area (Å²) in [6, 6.07) is 20.6. The average molecular weight is 213 g/mol. The molecule has 2 rings (SSSR count). The molecule has 2 N–H and O–H groups in total. The van der Waals surface area contributed by atoms with Crippen molar-refractivity contribution in [3.63, 3.8) is 0 Å². The van der Waals surface area contributed by atoms with Crippen LogP contribution < -0.4 is 5.73 Å². The monoisotopic (exact) mass is 213 g/mol. The predicted octanol–water partition coefficient (Wildman–Crippen LogP) is 3.10. The molecular weight excluding hydrogens is 196 g/mol. The molecule has 0 spiro atoms. The summed E-state index contributed by atoms with van der Waals surface area (Å²) in [6.45, 7) is 2.08. The smallest absolute Gasteiger partial charge is 0.0421 e. The van der Waals surface area contributed by atoms with Crippen molar-refractivity contribution in [1.29, 1.82) is 0 Å². The van der Waals surface area contributed by atoms with Crippen molar-refractivity contribution in [3.05, 3.63) is 71.8 Å². The average Bonchev–Trinajstić information content (AvgIpc) is 2.31. The van der Waals surface area contributed by atoms with E-state index in [0.29, 0.717) is 0 Å². The predicted molar refractivity (Wildman–Crippen MR) is 68.1 cm³/mol. The lowest BCUT2D eigenvalue weighted by atomic mass is 10.1. The summed E-state index contributed by atoms with van der Waals surface area (Å²) in [5, 5.41) is 0. The maximum absolute atomic E-state index is 6.37. The molecule has 1 unspecified atom stereocenters. The van der Waals surface area contributed by atoms with Gasteiger partial charge in [0.1, 0.15) is 0 Å². The van der Waals surface area contributed by atoms with Gasteiger partial charge in [-0.3, -0.25) is 0 Å². The van der Waals surface area contributed by atoms with E-state index < -0.39 is 0 Å². The lowest BCUT2D eigenvalue weighted by molar-refractivity contribution is 0.491. The molecule has 0 heterocycles. The molecule has 0 saturated heterocycles. The molecule has 0 saturated carbocycles. The molecule has 1 heteroatoms. The number of nitrogens with two attached hydrogens (primary N) is 1. The highest BCUT2D eigenvalue weighted by molar-refractivity contribution is 5.27. The molecule has 16 heavy (non-hydrogen) atoms. The first-order valence-electron chi connectivity index (χ1n) is 5.57. The van der Waals surface area contributed by atoms with Crippen LogP contribution in [-0.4, -0.2) is 0 Å². The van der Waals surface area contributed by atoms with Gasteiger partial charge in [-0.25, -0.2) is 0 Å². The minimum atomic E-state index is -0.303. The first-order valence-corrected chi connectivity index (χ1v) is 5.57. The van der Waals surface area contributed by atoms with Crippen LogP contribution in [0.5, 0.6) is 0 Å². The van der Waals surface area contributed by atoms with Crippen molar-refractivity contribution in [2.75, 3.05) is 0 Å². The Morgan fingerprint density at radius 1 is 0.875 bits per heavy atom. The van der Waals surface area contributed by atoms with E-state index in [9.17, 15) is 0 Å². The number of rotatable bonds is 3. The van der Waals surface area contributed by atoms with Gasteiger partial charge in [-0.15, -0.1) is 0 Å². The highest BCUT2D eigenvalue weighted by Crippen LogP contribution is 2.22. The van der Waals surface area contributed by atoms with E-state index in [1.807, 2.05) is 24.3 Å². The van der Waals surface area contributed by atoms with Gasteiger partial charge in [0.25, 0.3) is 0 Å². The van der Waals surface area contributed by atoms with Gasteiger partial charge >= 0.3 is 0 Å². The van der Waals surface area contributed by atoms with Crippen LogP contribution in [-0.2, 0) is 12.0 Å². The Hall–Kier alpha value is -1.60. The fourth-order valence-electron chi connectivity index (χ4n) is 1.94. The minimum Gasteiger partial charge on any atom is -0.321 e. The van der Waals surface area contributed by atoms with Gasteiger partial charge in [0, 0.05) is 5.54 Å². The highest BCUT2D eigenvalue weighted by Gasteiger charge is 2.20. The molecule has 1 nitrogen and oxygen atoms in total. The first kappa shape index (κ1) is 10.9. The molecule has 2 aromatic rings. The molecule has 0 bridgehead atoms. The van der Waals surface area contributed by atoms with E-state index in [1.54, 1.807) is 0 Å². The van der Waals surface area contributed by atoms with Gasteiger partial charge in [0.05, 0.1) is 0 Å². The number of hydrogen-bond donors (Lipinski definition) is 1. The van der Waals surface area contributed by atoms with E-state index in [-0.39, 0.29) is 5.54 Å². The molecule has 0 aliphatic heterocycles. The van der Waals surface area contributed by atoms with Crippen molar-refractivity contribution in [1.82, 2.24) is 0 Å². The topological polar surface area (TPSA) is 26.0 Å². The third-order valence-electron chi connectivity index (χ3n) is 2.85. The third-order valence-corrected chi connectivity index (χ3v) is 2.85. The summed E-state index contributed by atoms with van der Waals surface area (Å²) in [5.74, 6) is 0. The van der Waals surface area contributed by atoms with Crippen LogP contribution in [0.4, 0.5) is 0 Å². The van der Waals surface area contributed by atoms with Gasteiger partial charge in [0.2, 0.25) is 0 Å². The normalized spacial score (nSPS) is 14.4. The molecule has 1 atom stereocenters. The number of benzene rings is 2. The van der Waals surface area contributed by atoms with Crippen molar-refractivity contribution >= 4 is 0 Å². The van der Waals surface area contributed by atoms with Crippen LogP contribution in [0, 0.1) is 0 Å². The molecule has 82 valence electrons. The maximum atomic E-state index is 6.37. The van der Waals surface area contributed by atoms with E-state index in [1.165, 1.54) is 11.1 Å². The van der Waals surface area contributed by atoms with Crippen LogP contribution >= 0.6 is 0 Å². The zero-order valence-corrected chi connectivity index (χ0v) is 9.56. The molecule has 0 radical (unpaired) electrons. The van der Waals surface area contributed by atoms with Crippen molar-refractivity contribution in [2.24, 2.45) is 5.73 Å². The summed E-state index contributed by atoms with van der Waals surface area (Å²) in [7, 11) is 0. The van der Waals surface area contributed by atoms with Crippen LogP contribution in [0.15, 0.2) is 60.7 Å². The molecular formula is C15H17N. The lowest BCUT2D eigenvalue weighted by Crippen LogP contribution is -2.35. The zero-order valence-electron chi connectivity index (χ0n) is 9.56. The SMILES string of the molecule is [13CH3][13C](N)(Cc1ccccc1)c1ccccc1. The van der Waals surface area contributed by atoms with Gasteiger partial charge < -0.3 is 5.73 Å². The summed E-state index contributed by atoms with van der Waals surface area (Å²) < 4.78 is 0. The van der Waals surface area contributed by atoms with Crippen LogP contribution in [0.25, 0.3) is 0 Å². The molecule has 0 aliphatic carbocycles. The van der Waals surface area contributed by atoms with Crippen molar-refractivity contribution < 1.29 is 0 Å². The Bertz CT molecular complexity index is 432. The van der Waals surface area contributed by atoms with E-state index in [0.717, 1.165) is 6.42 Å². The highest BCUT2D eigenvalue weighted by atomic mass is 15.1. The van der Waals surface area contributed by atoms with Gasteiger partial charge in [-0.2, -0.15) is 0 Å². The largest absolute Gasteiger partial charge is 0.321 e. The summed E-state index contributed by atoms with van der Waals surface area (Å²) in [4.78, 5) is 0.